The maximum absolute atomic E-state index is 12.8. The zero-order valence-corrected chi connectivity index (χ0v) is 17.8. The number of piperidine rings is 1. The van der Waals surface area contributed by atoms with Crippen LogP contribution < -0.4 is 5.32 Å². The molecule has 0 radical (unpaired) electrons. The first-order valence-electron chi connectivity index (χ1n) is 10.8. The molecule has 31 heavy (non-hydrogen) atoms. The van der Waals surface area contributed by atoms with Crippen LogP contribution in [0.15, 0.2) is 67.3 Å². The molecule has 1 fully saturated rings. The van der Waals surface area contributed by atoms with Gasteiger partial charge in [-0.2, -0.15) is 0 Å². The number of imidazole rings is 1. The predicted octanol–water partition coefficient (Wildman–Crippen LogP) is 3.41. The van der Waals surface area contributed by atoms with Crippen molar-refractivity contribution in [2.75, 3.05) is 13.1 Å². The highest BCUT2D eigenvalue weighted by Gasteiger charge is 2.28. The van der Waals surface area contributed by atoms with E-state index in [0.717, 1.165) is 23.2 Å². The second-order valence-electron chi connectivity index (χ2n) is 8.15. The first kappa shape index (κ1) is 20.8. The van der Waals surface area contributed by atoms with Crippen molar-refractivity contribution in [3.05, 3.63) is 89.5 Å². The number of aryl methyl sites for hydroxylation is 1. The molecule has 0 unspecified atom stereocenters. The number of nitrogens with one attached hydrogen (secondary N) is 1. The van der Waals surface area contributed by atoms with E-state index in [-0.39, 0.29) is 17.7 Å². The average molecular weight is 417 g/mol. The van der Waals surface area contributed by atoms with Gasteiger partial charge in [-0.05, 0) is 42.5 Å². The minimum Gasteiger partial charge on any atom is -0.352 e. The van der Waals surface area contributed by atoms with E-state index in [9.17, 15) is 9.59 Å². The van der Waals surface area contributed by atoms with Gasteiger partial charge < -0.3 is 14.8 Å². The van der Waals surface area contributed by atoms with Gasteiger partial charge in [0.25, 0.3) is 5.91 Å². The molecule has 3 aromatic rings. The Morgan fingerprint density at radius 2 is 1.74 bits per heavy atom. The van der Waals surface area contributed by atoms with Crippen LogP contribution in [0.5, 0.6) is 0 Å². The van der Waals surface area contributed by atoms with E-state index in [2.05, 4.69) is 34.6 Å². The highest BCUT2D eigenvalue weighted by molar-refractivity contribution is 5.95. The lowest BCUT2D eigenvalue weighted by atomic mass is 9.95. The Bertz CT molecular complexity index is 1020. The number of likely N-dealkylation sites (tertiary alicyclic amines) is 1. The summed E-state index contributed by atoms with van der Waals surface area (Å²) in [7, 11) is 0. The smallest absolute Gasteiger partial charge is 0.254 e. The maximum Gasteiger partial charge on any atom is 0.254 e. The van der Waals surface area contributed by atoms with Crippen molar-refractivity contribution in [3.8, 4) is 0 Å². The van der Waals surface area contributed by atoms with Crippen LogP contribution in [0.1, 0.15) is 39.9 Å². The first-order chi connectivity index (χ1) is 15.1. The highest BCUT2D eigenvalue weighted by atomic mass is 16.2. The molecule has 1 aliphatic rings. The van der Waals surface area contributed by atoms with Gasteiger partial charge >= 0.3 is 0 Å². The fourth-order valence-corrected chi connectivity index (χ4v) is 4.02. The van der Waals surface area contributed by atoms with Crippen molar-refractivity contribution in [2.45, 2.75) is 32.9 Å². The van der Waals surface area contributed by atoms with Crippen LogP contribution in [0.25, 0.3) is 0 Å². The van der Waals surface area contributed by atoms with Crippen molar-refractivity contribution < 1.29 is 9.59 Å². The Balaban J connectivity index is 1.24. The van der Waals surface area contributed by atoms with Crippen LogP contribution in [0.4, 0.5) is 0 Å². The second kappa shape index (κ2) is 9.60. The standard InChI is InChI=1S/C25H28N4O2/c1-19-4-2-3-5-23(19)25(31)29-13-10-22(11-14-29)24(30)27-16-20-6-8-21(9-7-20)17-28-15-12-26-18-28/h2-9,12,15,18,22H,10-11,13-14,16-17H2,1H3,(H,27,30). The van der Waals surface area contributed by atoms with Crippen LogP contribution in [0.2, 0.25) is 0 Å². The molecule has 0 aliphatic carbocycles. The van der Waals surface area contributed by atoms with Crippen molar-refractivity contribution in [2.24, 2.45) is 5.92 Å². The van der Waals surface area contributed by atoms with E-state index in [0.29, 0.717) is 32.5 Å². The second-order valence-corrected chi connectivity index (χ2v) is 8.15. The molecule has 6 heteroatoms. The third-order valence-electron chi connectivity index (χ3n) is 5.94. The number of carbonyl (C=O) groups excluding carboxylic acids is 2. The van der Waals surface area contributed by atoms with Gasteiger partial charge in [-0.3, -0.25) is 9.59 Å². The van der Waals surface area contributed by atoms with Crippen LogP contribution >= 0.6 is 0 Å². The fraction of sp³-hybridized carbons (Fsp3) is 0.320. The number of amides is 2. The summed E-state index contributed by atoms with van der Waals surface area (Å²) in [6.07, 6.45) is 6.91. The van der Waals surface area contributed by atoms with E-state index in [1.165, 1.54) is 5.56 Å². The summed E-state index contributed by atoms with van der Waals surface area (Å²) in [4.78, 5) is 31.3. The zero-order valence-electron chi connectivity index (χ0n) is 17.8. The molecule has 0 atom stereocenters. The number of rotatable bonds is 6. The molecule has 2 heterocycles. The normalized spacial score (nSPS) is 14.4. The summed E-state index contributed by atoms with van der Waals surface area (Å²) in [5.41, 5.74) is 4.01. The molecule has 1 N–H and O–H groups in total. The Morgan fingerprint density at radius 1 is 1.03 bits per heavy atom. The maximum atomic E-state index is 12.8. The first-order valence-corrected chi connectivity index (χ1v) is 10.8. The molecule has 1 saturated heterocycles. The molecule has 2 aromatic carbocycles. The predicted molar refractivity (Wildman–Crippen MR) is 119 cm³/mol. The number of hydrogen-bond acceptors (Lipinski definition) is 3. The molecular formula is C25H28N4O2. The number of benzene rings is 2. The van der Waals surface area contributed by atoms with Crippen LogP contribution in [0, 0.1) is 12.8 Å². The van der Waals surface area contributed by atoms with Crippen LogP contribution in [-0.2, 0) is 17.9 Å². The lowest BCUT2D eigenvalue weighted by molar-refractivity contribution is -0.126. The van der Waals surface area contributed by atoms with E-state index < -0.39 is 0 Å². The van der Waals surface area contributed by atoms with E-state index in [1.807, 2.05) is 46.9 Å². The molecule has 160 valence electrons. The highest BCUT2D eigenvalue weighted by Crippen LogP contribution is 2.20. The largest absolute Gasteiger partial charge is 0.352 e. The molecule has 1 aliphatic heterocycles. The number of nitrogens with zero attached hydrogens (tertiary/aromatic N) is 3. The Morgan fingerprint density at radius 3 is 2.42 bits per heavy atom. The molecule has 0 saturated carbocycles. The van der Waals surface area contributed by atoms with Gasteiger partial charge in [0.1, 0.15) is 0 Å². The summed E-state index contributed by atoms with van der Waals surface area (Å²) in [6.45, 7) is 4.50. The minimum atomic E-state index is -0.0403. The van der Waals surface area contributed by atoms with E-state index >= 15 is 0 Å². The summed E-state index contributed by atoms with van der Waals surface area (Å²) in [6, 6.07) is 15.9. The summed E-state index contributed by atoms with van der Waals surface area (Å²) in [5, 5.41) is 3.06. The monoisotopic (exact) mass is 416 g/mol. The van der Waals surface area contributed by atoms with Gasteiger partial charge in [0.05, 0.1) is 6.33 Å². The number of aromatic nitrogens is 2. The van der Waals surface area contributed by atoms with Crippen molar-refractivity contribution in [1.29, 1.82) is 0 Å². The SMILES string of the molecule is Cc1ccccc1C(=O)N1CCC(C(=O)NCc2ccc(Cn3ccnc3)cc2)CC1. The Kier molecular flexibility index (Phi) is 6.46. The Hall–Kier alpha value is -3.41. The number of carbonyl (C=O) groups is 2. The molecule has 0 spiro atoms. The van der Waals surface area contributed by atoms with Crippen LogP contribution in [-0.4, -0.2) is 39.4 Å². The quantitative estimate of drug-likeness (QED) is 0.670. The van der Waals surface area contributed by atoms with Gasteiger partial charge in [0, 0.05) is 50.1 Å². The molecule has 2 amide bonds. The van der Waals surface area contributed by atoms with Gasteiger partial charge in [-0.25, -0.2) is 4.98 Å². The third kappa shape index (κ3) is 5.20. The van der Waals surface area contributed by atoms with Crippen molar-refractivity contribution >= 4 is 11.8 Å². The Labute approximate surface area is 182 Å². The summed E-state index contributed by atoms with van der Waals surface area (Å²) >= 11 is 0. The third-order valence-corrected chi connectivity index (χ3v) is 5.94. The lowest BCUT2D eigenvalue weighted by Crippen LogP contribution is -2.43. The average Bonchev–Trinajstić information content (AvgIpc) is 3.31. The topological polar surface area (TPSA) is 67.2 Å². The fourth-order valence-electron chi connectivity index (χ4n) is 4.02. The molecule has 1 aromatic heterocycles. The lowest BCUT2D eigenvalue weighted by Gasteiger charge is -2.31. The van der Waals surface area contributed by atoms with Crippen LogP contribution in [0.3, 0.4) is 0 Å². The van der Waals surface area contributed by atoms with Gasteiger partial charge in [-0.1, -0.05) is 42.5 Å². The summed E-state index contributed by atoms with van der Waals surface area (Å²) in [5.74, 6) is 0.0969. The molecule has 4 rings (SSSR count). The molecule has 0 bridgehead atoms. The van der Waals surface area contributed by atoms with E-state index in [4.69, 9.17) is 0 Å². The van der Waals surface area contributed by atoms with Gasteiger partial charge in [0.15, 0.2) is 0 Å². The minimum absolute atomic E-state index is 0.0403. The van der Waals surface area contributed by atoms with E-state index in [1.54, 1.807) is 12.5 Å². The zero-order chi connectivity index (χ0) is 21.6. The number of hydrogen-bond donors (Lipinski definition) is 1. The summed E-state index contributed by atoms with van der Waals surface area (Å²) < 4.78 is 2.02. The van der Waals surface area contributed by atoms with Gasteiger partial charge in [-0.15, -0.1) is 0 Å². The molecular weight excluding hydrogens is 388 g/mol. The van der Waals surface area contributed by atoms with Crippen molar-refractivity contribution in [1.82, 2.24) is 19.8 Å². The van der Waals surface area contributed by atoms with Crippen molar-refractivity contribution in [3.63, 3.8) is 0 Å². The molecule has 6 nitrogen and oxygen atoms in total. The van der Waals surface area contributed by atoms with Gasteiger partial charge in [0.2, 0.25) is 5.91 Å².